The van der Waals surface area contributed by atoms with Gasteiger partial charge in [0.2, 0.25) is 0 Å². The van der Waals surface area contributed by atoms with Crippen molar-refractivity contribution in [1.82, 2.24) is 4.98 Å². The molecule has 52 valence electrons. The minimum atomic E-state index is 0.385. The van der Waals surface area contributed by atoms with Crippen LogP contribution in [-0.2, 0) is 6.42 Å². The Morgan fingerprint density at radius 2 is 2.50 bits per heavy atom. The van der Waals surface area contributed by atoms with E-state index in [1.807, 2.05) is 12.3 Å². The third-order valence-electron chi connectivity index (χ3n) is 1.93. The highest BCUT2D eigenvalue weighted by Crippen LogP contribution is 2.33. The van der Waals surface area contributed by atoms with E-state index in [4.69, 9.17) is 0 Å². The van der Waals surface area contributed by atoms with Gasteiger partial charge in [-0.1, -0.05) is 6.07 Å². The maximum absolute atomic E-state index is 4.41. The molecule has 2 rings (SSSR count). The Bertz CT molecular complexity index is 247. The van der Waals surface area contributed by atoms with E-state index < -0.39 is 0 Å². The van der Waals surface area contributed by atoms with E-state index in [-0.39, 0.29) is 0 Å². The molecular formula is C8H9NS. The van der Waals surface area contributed by atoms with Crippen LogP contribution in [0.5, 0.6) is 0 Å². The van der Waals surface area contributed by atoms with Gasteiger partial charge in [0.05, 0.1) is 5.69 Å². The molecule has 1 unspecified atom stereocenters. The first-order valence-corrected chi connectivity index (χ1v) is 4.01. The van der Waals surface area contributed by atoms with Crippen molar-refractivity contribution in [3.05, 3.63) is 29.6 Å². The number of thiol groups is 1. The number of rotatable bonds is 0. The molecule has 0 aliphatic heterocycles. The molecular weight excluding hydrogens is 142 g/mol. The molecule has 0 bridgehead atoms. The summed E-state index contributed by atoms with van der Waals surface area (Å²) < 4.78 is 0. The Balaban J connectivity index is 2.51. The monoisotopic (exact) mass is 151 g/mol. The van der Waals surface area contributed by atoms with Gasteiger partial charge in [-0.15, -0.1) is 0 Å². The summed E-state index contributed by atoms with van der Waals surface area (Å²) in [6.07, 6.45) is 4.14. The van der Waals surface area contributed by atoms with Crippen molar-refractivity contribution < 1.29 is 0 Å². The van der Waals surface area contributed by atoms with Crippen LogP contribution in [0.3, 0.4) is 0 Å². The maximum Gasteiger partial charge on any atom is 0.0562 e. The zero-order valence-corrected chi connectivity index (χ0v) is 6.51. The molecule has 1 atom stereocenters. The van der Waals surface area contributed by atoms with Crippen LogP contribution < -0.4 is 0 Å². The van der Waals surface area contributed by atoms with Crippen LogP contribution >= 0.6 is 12.6 Å². The van der Waals surface area contributed by atoms with Crippen LogP contribution in [0.25, 0.3) is 0 Å². The average Bonchev–Trinajstić information content (AvgIpc) is 2.34. The molecule has 1 aromatic rings. The quantitative estimate of drug-likeness (QED) is 0.559. The largest absolute Gasteiger partial charge is 0.260 e. The lowest BCUT2D eigenvalue weighted by molar-refractivity contribution is 0.883. The fraction of sp³-hybridized carbons (Fsp3) is 0.375. The van der Waals surface area contributed by atoms with E-state index in [2.05, 4.69) is 23.7 Å². The predicted octanol–water partition coefficient (Wildman–Crippen LogP) is 2.00. The fourth-order valence-electron chi connectivity index (χ4n) is 1.39. The highest BCUT2D eigenvalue weighted by molar-refractivity contribution is 7.80. The summed E-state index contributed by atoms with van der Waals surface area (Å²) in [6.45, 7) is 0. The molecule has 1 aromatic heterocycles. The molecule has 1 aliphatic rings. The molecule has 0 aromatic carbocycles. The lowest BCUT2D eigenvalue weighted by atomic mass is 10.2. The van der Waals surface area contributed by atoms with Crippen molar-refractivity contribution in [3.8, 4) is 0 Å². The summed E-state index contributed by atoms with van der Waals surface area (Å²) >= 11 is 4.41. The van der Waals surface area contributed by atoms with Crippen molar-refractivity contribution in [2.24, 2.45) is 0 Å². The van der Waals surface area contributed by atoms with Crippen LogP contribution in [0.4, 0.5) is 0 Å². The number of pyridine rings is 1. The van der Waals surface area contributed by atoms with Crippen LogP contribution in [0.2, 0.25) is 0 Å². The fourth-order valence-corrected chi connectivity index (χ4v) is 1.75. The first-order chi connectivity index (χ1) is 4.88. The molecule has 0 amide bonds. The summed E-state index contributed by atoms with van der Waals surface area (Å²) in [5.41, 5.74) is 2.56. The molecule has 1 heterocycles. The molecule has 0 fully saturated rings. The van der Waals surface area contributed by atoms with E-state index in [1.165, 1.54) is 11.3 Å². The number of aromatic nitrogens is 1. The van der Waals surface area contributed by atoms with Gasteiger partial charge in [-0.3, -0.25) is 4.98 Å². The Kier molecular flexibility index (Phi) is 1.42. The second kappa shape index (κ2) is 2.27. The van der Waals surface area contributed by atoms with E-state index in [0.717, 1.165) is 12.8 Å². The molecule has 0 spiro atoms. The van der Waals surface area contributed by atoms with E-state index in [0.29, 0.717) is 5.25 Å². The number of nitrogens with zero attached hydrogens (tertiary/aromatic N) is 1. The van der Waals surface area contributed by atoms with Crippen LogP contribution in [-0.4, -0.2) is 4.98 Å². The van der Waals surface area contributed by atoms with E-state index >= 15 is 0 Å². The topological polar surface area (TPSA) is 12.9 Å². The normalized spacial score (nSPS) is 22.7. The third kappa shape index (κ3) is 0.833. The molecule has 0 saturated heterocycles. The molecule has 0 saturated carbocycles. The summed E-state index contributed by atoms with van der Waals surface area (Å²) in [5, 5.41) is 0.385. The van der Waals surface area contributed by atoms with Crippen LogP contribution in [0, 0.1) is 0 Å². The van der Waals surface area contributed by atoms with E-state index in [1.54, 1.807) is 0 Å². The maximum atomic E-state index is 4.41. The number of hydrogen-bond acceptors (Lipinski definition) is 2. The SMILES string of the molecule is SC1CCc2cccnc21. The third-order valence-corrected chi connectivity index (χ3v) is 2.43. The van der Waals surface area contributed by atoms with Gasteiger partial charge >= 0.3 is 0 Å². The van der Waals surface area contributed by atoms with Crippen molar-refractivity contribution >= 4 is 12.6 Å². The first-order valence-electron chi connectivity index (χ1n) is 3.50. The summed E-state index contributed by atoms with van der Waals surface area (Å²) in [7, 11) is 0. The summed E-state index contributed by atoms with van der Waals surface area (Å²) in [5.74, 6) is 0. The Morgan fingerprint density at radius 1 is 1.60 bits per heavy atom. The van der Waals surface area contributed by atoms with Gasteiger partial charge in [0.1, 0.15) is 0 Å². The van der Waals surface area contributed by atoms with Gasteiger partial charge in [0, 0.05) is 11.4 Å². The highest BCUT2D eigenvalue weighted by Gasteiger charge is 2.19. The molecule has 2 heteroatoms. The molecule has 1 nitrogen and oxygen atoms in total. The van der Waals surface area contributed by atoms with Crippen molar-refractivity contribution in [3.63, 3.8) is 0 Å². The minimum Gasteiger partial charge on any atom is -0.260 e. The minimum absolute atomic E-state index is 0.385. The average molecular weight is 151 g/mol. The zero-order chi connectivity index (χ0) is 6.97. The zero-order valence-electron chi connectivity index (χ0n) is 5.62. The second-order valence-electron chi connectivity index (χ2n) is 2.60. The van der Waals surface area contributed by atoms with Crippen molar-refractivity contribution in [1.29, 1.82) is 0 Å². The molecule has 0 radical (unpaired) electrons. The Labute approximate surface area is 65.9 Å². The van der Waals surface area contributed by atoms with Gasteiger partial charge in [0.25, 0.3) is 0 Å². The summed E-state index contributed by atoms with van der Waals surface area (Å²) in [4.78, 5) is 4.26. The number of aryl methyl sites for hydroxylation is 1. The first kappa shape index (κ1) is 6.23. The van der Waals surface area contributed by atoms with Gasteiger partial charge in [-0.2, -0.15) is 12.6 Å². The lowest BCUT2D eigenvalue weighted by Crippen LogP contribution is -1.87. The van der Waals surface area contributed by atoms with Crippen molar-refractivity contribution in [2.75, 3.05) is 0 Å². The van der Waals surface area contributed by atoms with Crippen molar-refractivity contribution in [2.45, 2.75) is 18.1 Å². The molecule has 10 heavy (non-hydrogen) atoms. The lowest BCUT2D eigenvalue weighted by Gasteiger charge is -1.99. The summed E-state index contributed by atoms with van der Waals surface area (Å²) in [6, 6.07) is 4.13. The standard InChI is InChI=1S/C8H9NS/c10-7-4-3-6-2-1-5-9-8(6)7/h1-2,5,7,10H,3-4H2. The van der Waals surface area contributed by atoms with Crippen LogP contribution in [0.1, 0.15) is 22.9 Å². The Hall–Kier alpha value is -0.500. The van der Waals surface area contributed by atoms with Gasteiger partial charge < -0.3 is 0 Å². The predicted molar refractivity (Wildman–Crippen MR) is 44.3 cm³/mol. The Morgan fingerprint density at radius 3 is 3.30 bits per heavy atom. The molecule has 1 aliphatic carbocycles. The van der Waals surface area contributed by atoms with Gasteiger partial charge in [-0.25, -0.2) is 0 Å². The highest BCUT2D eigenvalue weighted by atomic mass is 32.1. The van der Waals surface area contributed by atoms with Gasteiger partial charge in [-0.05, 0) is 24.5 Å². The number of hydrogen-bond donors (Lipinski definition) is 1. The number of fused-ring (bicyclic) bond motifs is 1. The van der Waals surface area contributed by atoms with E-state index in [9.17, 15) is 0 Å². The second-order valence-corrected chi connectivity index (χ2v) is 3.23. The molecule has 0 N–H and O–H groups in total. The smallest absolute Gasteiger partial charge is 0.0562 e. The van der Waals surface area contributed by atoms with Crippen LogP contribution in [0.15, 0.2) is 18.3 Å². The van der Waals surface area contributed by atoms with Gasteiger partial charge in [0.15, 0.2) is 0 Å².